The van der Waals surface area contributed by atoms with E-state index in [1.807, 2.05) is 64.1 Å². The number of anilines is 1. The molecule has 4 atom stereocenters. The summed E-state index contributed by atoms with van der Waals surface area (Å²) >= 11 is 0. The van der Waals surface area contributed by atoms with Gasteiger partial charge in [0.2, 0.25) is 17.7 Å². The van der Waals surface area contributed by atoms with Crippen molar-refractivity contribution in [2.24, 2.45) is 11.8 Å². The summed E-state index contributed by atoms with van der Waals surface area (Å²) in [5.74, 6) is -0.327. The topological polar surface area (TPSA) is 201 Å². The van der Waals surface area contributed by atoms with Gasteiger partial charge in [-0.15, -0.1) is 0 Å². The maximum absolute atomic E-state index is 13.6. The zero-order chi connectivity index (χ0) is 39.4. The number of nitrogens with one attached hydrogen (secondary N) is 4. The number of imidazole rings is 1. The van der Waals surface area contributed by atoms with E-state index in [0.29, 0.717) is 42.7 Å². The van der Waals surface area contributed by atoms with E-state index in [-0.39, 0.29) is 35.5 Å². The summed E-state index contributed by atoms with van der Waals surface area (Å²) in [6, 6.07) is 11.0. The molecule has 0 saturated carbocycles. The van der Waals surface area contributed by atoms with Gasteiger partial charge in [0, 0.05) is 13.1 Å². The Bertz CT molecular complexity index is 2040. The molecule has 0 aliphatic carbocycles. The molecule has 0 radical (unpaired) electrons. The number of aromatic nitrogens is 3. The van der Waals surface area contributed by atoms with Crippen LogP contribution < -0.4 is 16.0 Å². The Morgan fingerprint density at radius 2 is 1.38 bits per heavy atom. The van der Waals surface area contributed by atoms with Crippen molar-refractivity contribution in [2.75, 3.05) is 32.6 Å². The number of benzene rings is 2. The van der Waals surface area contributed by atoms with Crippen molar-refractivity contribution >= 4 is 46.7 Å². The Kier molecular flexibility index (Phi) is 11.7. The summed E-state index contributed by atoms with van der Waals surface area (Å²) in [5.41, 5.74) is 3.98. The molecule has 0 spiro atoms. The van der Waals surface area contributed by atoms with Gasteiger partial charge in [-0.25, -0.2) is 14.6 Å². The quantitative estimate of drug-likeness (QED) is 0.157. The van der Waals surface area contributed by atoms with E-state index >= 15 is 0 Å². The predicted molar refractivity (Wildman–Crippen MR) is 202 cm³/mol. The van der Waals surface area contributed by atoms with Crippen molar-refractivity contribution in [2.45, 2.75) is 77.5 Å². The third kappa shape index (κ3) is 8.27. The zero-order valence-corrected chi connectivity index (χ0v) is 31.9. The van der Waals surface area contributed by atoms with Gasteiger partial charge in [-0.1, -0.05) is 63.2 Å². The number of carbonyl (C=O) groups excluding carboxylic acids is 5. The van der Waals surface area contributed by atoms with Gasteiger partial charge in [-0.3, -0.25) is 14.4 Å². The SMILES string of the molecule is COC(=O)N[C@@H](C(=O)N1CCC[C@H]1C(=O)Nc1noc2ccc(-c3ccc(-c4cnc([C@@H]5CCCN5C(=O)[C@H](NC(=O)OC)C(C)C)[nH]4)cc3)cc12)C(C)C. The maximum atomic E-state index is 13.6. The Balaban J connectivity index is 1.14. The van der Waals surface area contributed by atoms with E-state index < -0.39 is 36.2 Å². The first-order chi connectivity index (χ1) is 26.4. The number of methoxy groups -OCH3 is 2. The third-order valence-corrected chi connectivity index (χ3v) is 10.3. The zero-order valence-electron chi connectivity index (χ0n) is 31.9. The molecule has 4 aromatic rings. The van der Waals surface area contributed by atoms with Gasteiger partial charge in [-0.05, 0) is 66.3 Å². The highest BCUT2D eigenvalue weighted by molar-refractivity contribution is 6.03. The summed E-state index contributed by atoms with van der Waals surface area (Å²) in [7, 11) is 2.51. The van der Waals surface area contributed by atoms with Gasteiger partial charge in [0.15, 0.2) is 11.4 Å². The minimum absolute atomic E-state index is 0.128. The van der Waals surface area contributed by atoms with Crippen LogP contribution in [0.1, 0.15) is 65.2 Å². The van der Waals surface area contributed by atoms with Gasteiger partial charge in [0.05, 0.1) is 37.5 Å². The van der Waals surface area contributed by atoms with Crippen molar-refractivity contribution in [3.63, 3.8) is 0 Å². The largest absolute Gasteiger partial charge is 0.453 e. The van der Waals surface area contributed by atoms with Crippen LogP contribution in [0.25, 0.3) is 33.4 Å². The van der Waals surface area contributed by atoms with Crippen LogP contribution in [0, 0.1) is 11.8 Å². The Labute approximate surface area is 318 Å². The minimum Gasteiger partial charge on any atom is -0.453 e. The molecule has 2 aliphatic rings. The molecule has 4 N–H and O–H groups in total. The molecule has 4 heterocycles. The Morgan fingerprint density at radius 1 is 0.800 bits per heavy atom. The summed E-state index contributed by atoms with van der Waals surface area (Å²) in [6.07, 6.45) is 3.08. The van der Waals surface area contributed by atoms with E-state index in [0.717, 1.165) is 35.2 Å². The molecule has 55 heavy (non-hydrogen) atoms. The molecule has 2 saturated heterocycles. The first-order valence-electron chi connectivity index (χ1n) is 18.6. The number of H-pyrrole nitrogens is 1. The van der Waals surface area contributed by atoms with Crippen LogP contribution >= 0.6 is 0 Å². The van der Waals surface area contributed by atoms with Crippen LogP contribution in [-0.2, 0) is 23.9 Å². The number of aromatic amines is 1. The number of carbonyl (C=O) groups is 5. The molecular weight excluding hydrogens is 708 g/mol. The second-order valence-corrected chi connectivity index (χ2v) is 14.6. The molecular formula is C39H48N8O8. The van der Waals surface area contributed by atoms with Crippen LogP contribution in [-0.4, -0.2) is 100 Å². The van der Waals surface area contributed by atoms with Crippen molar-refractivity contribution in [3.8, 4) is 22.4 Å². The Morgan fingerprint density at radius 3 is 2.02 bits per heavy atom. The van der Waals surface area contributed by atoms with Gasteiger partial charge >= 0.3 is 12.2 Å². The number of nitrogens with zero attached hydrogens (tertiary/aromatic N) is 4. The standard InChI is InChI=1S/C39H48N8O8/c1-21(2)31(42-38(51)53-5)36(49)46-17-7-9-28(46)34-40-20-27(41-34)24-13-11-23(12-14-24)25-15-16-30-26(19-25)33(45-55-30)44-35(48)29-10-8-18-47(29)37(50)32(22(3)4)43-39(52)54-6/h11-16,19-22,28-29,31-32H,7-10,17-18H2,1-6H3,(H,40,41)(H,42,51)(H,43,52)(H,44,45,48)/t28-,29-,31+,32+/m0/s1. The number of likely N-dealkylation sites (tertiary alicyclic amines) is 2. The number of amides is 5. The summed E-state index contributed by atoms with van der Waals surface area (Å²) in [4.78, 5) is 75.8. The molecule has 292 valence electrons. The number of hydrogen-bond acceptors (Lipinski definition) is 10. The van der Waals surface area contributed by atoms with Crippen molar-refractivity contribution in [1.82, 2.24) is 35.6 Å². The highest BCUT2D eigenvalue weighted by Crippen LogP contribution is 2.34. The van der Waals surface area contributed by atoms with Crippen molar-refractivity contribution < 1.29 is 38.0 Å². The minimum atomic E-state index is -0.841. The first-order valence-corrected chi connectivity index (χ1v) is 18.6. The number of alkyl carbamates (subject to hydrolysis) is 2. The van der Waals surface area contributed by atoms with Crippen molar-refractivity contribution in [1.29, 1.82) is 0 Å². The lowest BCUT2D eigenvalue weighted by molar-refractivity contribution is -0.139. The van der Waals surface area contributed by atoms with E-state index in [2.05, 4.69) is 31.1 Å². The fraction of sp³-hybridized carbons (Fsp3) is 0.462. The highest BCUT2D eigenvalue weighted by Gasteiger charge is 2.40. The van der Waals surface area contributed by atoms with Gasteiger partial charge in [0.25, 0.3) is 0 Å². The van der Waals surface area contributed by atoms with Crippen molar-refractivity contribution in [3.05, 3.63) is 54.5 Å². The predicted octanol–water partition coefficient (Wildman–Crippen LogP) is 5.24. The van der Waals surface area contributed by atoms with Crippen LogP contribution in [0.2, 0.25) is 0 Å². The fourth-order valence-electron chi connectivity index (χ4n) is 7.28. The van der Waals surface area contributed by atoms with E-state index in [4.69, 9.17) is 14.0 Å². The Hall–Kier alpha value is -5.93. The van der Waals surface area contributed by atoms with Crippen LogP contribution in [0.5, 0.6) is 0 Å². The number of rotatable bonds is 11. The van der Waals surface area contributed by atoms with Gasteiger partial charge < -0.3 is 44.7 Å². The van der Waals surface area contributed by atoms with Crippen LogP contribution in [0.3, 0.4) is 0 Å². The molecule has 16 nitrogen and oxygen atoms in total. The summed E-state index contributed by atoms with van der Waals surface area (Å²) in [6.45, 7) is 8.35. The highest BCUT2D eigenvalue weighted by atomic mass is 16.5. The average molecular weight is 757 g/mol. The van der Waals surface area contributed by atoms with E-state index in [1.165, 1.54) is 19.1 Å². The average Bonchev–Trinajstić information content (AvgIpc) is 4.02. The molecule has 0 bridgehead atoms. The lowest BCUT2D eigenvalue weighted by Gasteiger charge is -2.30. The van der Waals surface area contributed by atoms with Gasteiger partial charge in [-0.2, -0.15) is 0 Å². The summed E-state index contributed by atoms with van der Waals surface area (Å²) < 4.78 is 15.0. The molecule has 2 aliphatic heterocycles. The number of fused-ring (bicyclic) bond motifs is 1. The van der Waals surface area contributed by atoms with Crippen LogP contribution in [0.15, 0.2) is 53.2 Å². The molecule has 0 unspecified atom stereocenters. The van der Waals surface area contributed by atoms with E-state index in [9.17, 15) is 24.0 Å². The lowest BCUT2D eigenvalue weighted by atomic mass is 10.0. The molecule has 2 fully saturated rings. The molecule has 2 aromatic carbocycles. The van der Waals surface area contributed by atoms with E-state index in [1.54, 1.807) is 17.2 Å². The molecule has 6 rings (SSSR count). The maximum Gasteiger partial charge on any atom is 0.407 e. The monoisotopic (exact) mass is 756 g/mol. The normalized spacial score (nSPS) is 18.0. The third-order valence-electron chi connectivity index (χ3n) is 10.3. The fourth-order valence-corrected chi connectivity index (χ4v) is 7.28. The smallest absolute Gasteiger partial charge is 0.407 e. The van der Waals surface area contributed by atoms with Gasteiger partial charge in [0.1, 0.15) is 23.9 Å². The number of hydrogen-bond donors (Lipinski definition) is 4. The second kappa shape index (κ2) is 16.6. The summed E-state index contributed by atoms with van der Waals surface area (Å²) in [5, 5.41) is 12.9. The van der Waals surface area contributed by atoms with Crippen LogP contribution in [0.4, 0.5) is 15.4 Å². The lowest BCUT2D eigenvalue weighted by Crippen LogP contribution is -2.54. The molecule has 16 heteroatoms. The molecule has 2 aromatic heterocycles. The molecule has 5 amide bonds. The number of ether oxygens (including phenoxy) is 2. The second-order valence-electron chi connectivity index (χ2n) is 14.6. The first kappa shape index (κ1) is 38.8.